The highest BCUT2D eigenvalue weighted by Gasteiger charge is 2.23. The molecule has 102 valence electrons. The molecule has 0 unspecified atom stereocenters. The van der Waals surface area contributed by atoms with Crippen LogP contribution >= 0.6 is 0 Å². The van der Waals surface area contributed by atoms with E-state index >= 15 is 0 Å². The predicted octanol–water partition coefficient (Wildman–Crippen LogP) is 1.34. The van der Waals surface area contributed by atoms with Crippen LogP contribution in [-0.4, -0.2) is 36.9 Å². The van der Waals surface area contributed by atoms with Crippen molar-refractivity contribution in [3.63, 3.8) is 0 Å². The van der Waals surface area contributed by atoms with Gasteiger partial charge in [-0.1, -0.05) is 18.9 Å². The number of rotatable bonds is 5. The minimum absolute atomic E-state index is 0.0298. The third-order valence-electron chi connectivity index (χ3n) is 2.70. The average molecular weight is 281 g/mol. The minimum Gasteiger partial charge on any atom is -0.478 e. The van der Waals surface area contributed by atoms with Crippen LogP contribution in [0, 0.1) is 19.3 Å². The Balaban J connectivity index is 3.34. The van der Waals surface area contributed by atoms with Crippen molar-refractivity contribution in [3.05, 3.63) is 29.3 Å². The van der Waals surface area contributed by atoms with Crippen LogP contribution in [0.3, 0.4) is 0 Å². The fourth-order valence-corrected chi connectivity index (χ4v) is 3.00. The second-order valence-electron chi connectivity index (χ2n) is 3.92. The SMILES string of the molecule is C#CCN(CC)S(=O)(=O)c1ccc(C)c(C(=O)O)c1. The second-order valence-corrected chi connectivity index (χ2v) is 5.86. The molecular weight excluding hydrogens is 266 g/mol. The summed E-state index contributed by atoms with van der Waals surface area (Å²) >= 11 is 0. The molecule has 19 heavy (non-hydrogen) atoms. The zero-order valence-corrected chi connectivity index (χ0v) is 11.6. The van der Waals surface area contributed by atoms with E-state index in [0.29, 0.717) is 5.56 Å². The van der Waals surface area contributed by atoms with Crippen molar-refractivity contribution in [2.24, 2.45) is 0 Å². The van der Waals surface area contributed by atoms with Gasteiger partial charge in [-0.2, -0.15) is 4.31 Å². The highest BCUT2D eigenvalue weighted by molar-refractivity contribution is 7.89. The highest BCUT2D eigenvalue weighted by atomic mass is 32.2. The van der Waals surface area contributed by atoms with E-state index in [1.165, 1.54) is 12.1 Å². The normalized spacial score (nSPS) is 11.3. The number of hydrogen-bond acceptors (Lipinski definition) is 3. The van der Waals surface area contributed by atoms with Crippen LogP contribution in [0.1, 0.15) is 22.8 Å². The molecule has 0 aliphatic carbocycles. The summed E-state index contributed by atoms with van der Waals surface area (Å²) in [5, 5.41) is 9.01. The molecule has 6 heteroatoms. The molecule has 0 aromatic heterocycles. The molecule has 1 aromatic rings. The van der Waals surface area contributed by atoms with Crippen LogP contribution < -0.4 is 0 Å². The third-order valence-corrected chi connectivity index (χ3v) is 4.61. The van der Waals surface area contributed by atoms with Crippen molar-refractivity contribution in [1.29, 1.82) is 0 Å². The molecule has 0 aliphatic heterocycles. The van der Waals surface area contributed by atoms with Gasteiger partial charge >= 0.3 is 5.97 Å². The largest absolute Gasteiger partial charge is 0.478 e. The van der Waals surface area contributed by atoms with Crippen molar-refractivity contribution in [2.75, 3.05) is 13.1 Å². The van der Waals surface area contributed by atoms with Crippen LogP contribution in [0.5, 0.6) is 0 Å². The van der Waals surface area contributed by atoms with Crippen LogP contribution in [0.15, 0.2) is 23.1 Å². The maximum atomic E-state index is 12.3. The summed E-state index contributed by atoms with van der Waals surface area (Å²) in [7, 11) is -3.76. The number of sulfonamides is 1. The highest BCUT2D eigenvalue weighted by Crippen LogP contribution is 2.19. The van der Waals surface area contributed by atoms with E-state index in [1.807, 2.05) is 0 Å². The van der Waals surface area contributed by atoms with E-state index in [2.05, 4.69) is 5.92 Å². The molecule has 0 amide bonds. The van der Waals surface area contributed by atoms with E-state index in [1.54, 1.807) is 13.8 Å². The van der Waals surface area contributed by atoms with Crippen LogP contribution in [-0.2, 0) is 10.0 Å². The minimum atomic E-state index is -3.76. The van der Waals surface area contributed by atoms with Crippen molar-refractivity contribution in [3.8, 4) is 12.3 Å². The zero-order chi connectivity index (χ0) is 14.6. The quantitative estimate of drug-likeness (QED) is 0.826. The smallest absolute Gasteiger partial charge is 0.335 e. The lowest BCUT2D eigenvalue weighted by molar-refractivity contribution is 0.0696. The number of carbonyl (C=O) groups is 1. The van der Waals surface area contributed by atoms with Gasteiger partial charge in [-0.25, -0.2) is 13.2 Å². The van der Waals surface area contributed by atoms with Gasteiger partial charge in [-0.3, -0.25) is 0 Å². The number of carboxylic acid groups (broad SMARTS) is 1. The molecule has 0 spiro atoms. The molecule has 0 radical (unpaired) electrons. The molecule has 5 nitrogen and oxygen atoms in total. The summed E-state index contributed by atoms with van der Waals surface area (Å²) in [5.74, 6) is 1.12. The molecule has 1 rings (SSSR count). The van der Waals surface area contributed by atoms with E-state index in [0.717, 1.165) is 10.4 Å². The van der Waals surface area contributed by atoms with Crippen molar-refractivity contribution >= 4 is 16.0 Å². The fraction of sp³-hybridized carbons (Fsp3) is 0.308. The lowest BCUT2D eigenvalue weighted by Crippen LogP contribution is -2.31. The number of terminal acetylenes is 1. The second kappa shape index (κ2) is 5.87. The molecule has 0 aliphatic rings. The molecule has 1 N–H and O–H groups in total. The van der Waals surface area contributed by atoms with Crippen molar-refractivity contribution < 1.29 is 18.3 Å². The third kappa shape index (κ3) is 3.13. The van der Waals surface area contributed by atoms with Gasteiger partial charge in [-0.05, 0) is 24.6 Å². The van der Waals surface area contributed by atoms with Gasteiger partial charge in [-0.15, -0.1) is 6.42 Å². The standard InChI is InChI=1S/C13H15NO4S/c1-4-8-14(5-2)19(17,18)11-7-6-10(3)12(9-11)13(15)16/h1,6-7,9H,5,8H2,2-3H3,(H,15,16). The van der Waals surface area contributed by atoms with Gasteiger partial charge in [0.2, 0.25) is 10.0 Å². The Morgan fingerprint density at radius 1 is 1.47 bits per heavy atom. The van der Waals surface area contributed by atoms with Crippen molar-refractivity contribution in [1.82, 2.24) is 4.31 Å². The van der Waals surface area contributed by atoms with Gasteiger partial charge in [0, 0.05) is 6.54 Å². The van der Waals surface area contributed by atoms with Gasteiger partial charge in [0.1, 0.15) is 0 Å². The summed E-state index contributed by atoms with van der Waals surface area (Å²) in [4.78, 5) is 11.0. The lowest BCUT2D eigenvalue weighted by atomic mass is 10.1. The Bertz CT molecular complexity index is 629. The molecule has 0 bridgehead atoms. The Kier molecular flexibility index (Phi) is 4.70. The predicted molar refractivity (Wildman–Crippen MR) is 71.4 cm³/mol. The number of carboxylic acids is 1. The van der Waals surface area contributed by atoms with Crippen LogP contribution in [0.2, 0.25) is 0 Å². The van der Waals surface area contributed by atoms with Crippen LogP contribution in [0.4, 0.5) is 0 Å². The monoisotopic (exact) mass is 281 g/mol. The number of benzene rings is 1. The Morgan fingerprint density at radius 3 is 2.58 bits per heavy atom. The average Bonchev–Trinajstić information content (AvgIpc) is 2.35. The number of nitrogens with zero attached hydrogens (tertiary/aromatic N) is 1. The van der Waals surface area contributed by atoms with Crippen molar-refractivity contribution in [2.45, 2.75) is 18.7 Å². The molecule has 0 saturated carbocycles. The van der Waals surface area contributed by atoms with Crippen LogP contribution in [0.25, 0.3) is 0 Å². The lowest BCUT2D eigenvalue weighted by Gasteiger charge is -2.18. The Labute approximate surface area is 112 Å². The molecule has 0 saturated heterocycles. The van der Waals surface area contributed by atoms with E-state index < -0.39 is 16.0 Å². The fourth-order valence-electron chi connectivity index (χ4n) is 1.61. The summed E-state index contributed by atoms with van der Waals surface area (Å²) in [6.45, 7) is 3.46. The molecule has 1 aromatic carbocycles. The first-order valence-electron chi connectivity index (χ1n) is 5.62. The molecule has 0 fully saturated rings. The Morgan fingerprint density at radius 2 is 2.11 bits per heavy atom. The Hall–Kier alpha value is -1.84. The topological polar surface area (TPSA) is 74.7 Å². The number of aryl methyl sites for hydroxylation is 1. The van der Waals surface area contributed by atoms with E-state index in [9.17, 15) is 13.2 Å². The first kappa shape index (κ1) is 15.2. The number of aromatic carboxylic acids is 1. The molecule has 0 atom stereocenters. The van der Waals surface area contributed by atoms with Gasteiger partial charge in [0.25, 0.3) is 0 Å². The van der Waals surface area contributed by atoms with E-state index in [4.69, 9.17) is 11.5 Å². The first-order valence-corrected chi connectivity index (χ1v) is 7.06. The first-order chi connectivity index (χ1) is 8.84. The summed E-state index contributed by atoms with van der Waals surface area (Å²) < 4.78 is 25.7. The number of hydrogen-bond donors (Lipinski definition) is 1. The maximum Gasteiger partial charge on any atom is 0.335 e. The summed E-state index contributed by atoms with van der Waals surface area (Å²) in [6, 6.07) is 4.02. The molecule has 0 heterocycles. The van der Waals surface area contributed by atoms with Gasteiger partial charge in [0.15, 0.2) is 0 Å². The zero-order valence-electron chi connectivity index (χ0n) is 10.8. The summed E-state index contributed by atoms with van der Waals surface area (Å²) in [6.07, 6.45) is 5.13. The van der Waals surface area contributed by atoms with Gasteiger partial charge < -0.3 is 5.11 Å². The molecular formula is C13H15NO4S. The summed E-state index contributed by atoms with van der Waals surface area (Å²) in [5.41, 5.74) is 0.476. The van der Waals surface area contributed by atoms with Gasteiger partial charge in [0.05, 0.1) is 17.0 Å². The van der Waals surface area contributed by atoms with E-state index in [-0.39, 0.29) is 23.5 Å². The maximum absolute atomic E-state index is 12.3.